The van der Waals surface area contributed by atoms with Crippen LogP contribution in [0.5, 0.6) is 0 Å². The van der Waals surface area contributed by atoms with E-state index in [0.29, 0.717) is 30.7 Å². The molecule has 33 heavy (non-hydrogen) atoms. The summed E-state index contributed by atoms with van der Waals surface area (Å²) in [5, 5.41) is 16.7. The maximum atomic E-state index is 13.2. The van der Waals surface area contributed by atoms with E-state index in [4.69, 9.17) is 0 Å². The van der Waals surface area contributed by atoms with Crippen molar-refractivity contribution in [2.24, 2.45) is 5.41 Å². The molecule has 0 atom stereocenters. The van der Waals surface area contributed by atoms with Crippen LogP contribution in [0, 0.1) is 22.9 Å². The number of benzene rings is 2. The number of urea groups is 1. The molecule has 0 bridgehead atoms. The summed E-state index contributed by atoms with van der Waals surface area (Å²) in [5.41, 5.74) is 0.108. The summed E-state index contributed by atoms with van der Waals surface area (Å²) in [4.78, 5) is 28.4. The van der Waals surface area contributed by atoms with Crippen LogP contribution in [0.25, 0.3) is 10.4 Å². The number of nitrogens with zero attached hydrogens (tertiary/aromatic N) is 1. The number of hydrogen-bond acceptors (Lipinski definition) is 5. The first kappa shape index (κ1) is 26.8. The van der Waals surface area contributed by atoms with E-state index in [1.807, 2.05) is 0 Å². The second-order valence-electron chi connectivity index (χ2n) is 7.70. The van der Waals surface area contributed by atoms with Gasteiger partial charge in [-0.15, -0.1) is 11.3 Å². The summed E-state index contributed by atoms with van der Waals surface area (Å²) in [5.74, 6) is -5.52. The van der Waals surface area contributed by atoms with Crippen LogP contribution in [0.4, 0.5) is 29.3 Å². The number of nitrogens with one attached hydrogen (secondary N) is 2. The standard InChI is InChI=1S/C22H20F3N3O3S.Na/c1-22(2,20(29)30)8-7-18-26-11-17(32-18)12-3-5-13(6-4-12)27-21(31)28-14-9-15(23)19(25)16(24)10-14;/h3-6,9-11H,7-8H2,1-2H3,(H,29,30)(H2,27,28,31);/q;+1/p-1. The molecule has 11 heteroatoms. The van der Waals surface area contributed by atoms with Crippen molar-refractivity contribution >= 4 is 34.7 Å². The summed E-state index contributed by atoms with van der Waals surface area (Å²) in [6.45, 7) is 3.23. The molecule has 0 unspecified atom stereocenters. The molecule has 0 saturated heterocycles. The van der Waals surface area contributed by atoms with Gasteiger partial charge < -0.3 is 20.5 Å². The predicted molar refractivity (Wildman–Crippen MR) is 114 cm³/mol. The van der Waals surface area contributed by atoms with Crippen LogP contribution in [-0.4, -0.2) is 17.0 Å². The van der Waals surface area contributed by atoms with Crippen LogP contribution in [0.2, 0.25) is 0 Å². The van der Waals surface area contributed by atoms with Crippen molar-refractivity contribution in [3.8, 4) is 10.4 Å². The van der Waals surface area contributed by atoms with Gasteiger partial charge in [0.05, 0.1) is 9.88 Å². The molecule has 0 radical (unpaired) electrons. The molecule has 0 aliphatic carbocycles. The van der Waals surface area contributed by atoms with Gasteiger partial charge in [0, 0.05) is 47.5 Å². The van der Waals surface area contributed by atoms with Gasteiger partial charge in [-0.05, 0) is 24.1 Å². The maximum Gasteiger partial charge on any atom is 1.00 e. The van der Waals surface area contributed by atoms with Gasteiger partial charge in [0.1, 0.15) is 0 Å². The summed E-state index contributed by atoms with van der Waals surface area (Å²) in [6.07, 6.45) is 2.61. The van der Waals surface area contributed by atoms with Crippen molar-refractivity contribution in [2.45, 2.75) is 26.7 Å². The maximum absolute atomic E-state index is 13.2. The van der Waals surface area contributed by atoms with Crippen molar-refractivity contribution in [1.29, 1.82) is 0 Å². The van der Waals surface area contributed by atoms with E-state index in [1.54, 1.807) is 44.3 Å². The molecule has 6 nitrogen and oxygen atoms in total. The molecule has 2 N–H and O–H groups in total. The molecule has 0 saturated carbocycles. The Morgan fingerprint density at radius 3 is 2.18 bits per heavy atom. The van der Waals surface area contributed by atoms with E-state index in [9.17, 15) is 27.9 Å². The van der Waals surface area contributed by atoms with Gasteiger partial charge in [0.15, 0.2) is 17.5 Å². The molecule has 3 aromatic rings. The molecule has 2 aromatic carbocycles. The Bertz CT molecular complexity index is 1130. The van der Waals surface area contributed by atoms with Crippen LogP contribution in [-0.2, 0) is 11.2 Å². The number of aryl methyl sites for hydroxylation is 1. The third kappa shape index (κ3) is 7.04. The average molecular weight is 485 g/mol. The number of aromatic nitrogens is 1. The minimum absolute atomic E-state index is 0. The van der Waals surface area contributed by atoms with E-state index >= 15 is 0 Å². The van der Waals surface area contributed by atoms with Gasteiger partial charge in [-0.1, -0.05) is 26.0 Å². The molecule has 3 rings (SSSR count). The second kappa shape index (κ2) is 11.1. The normalized spacial score (nSPS) is 10.9. The third-order valence-electron chi connectivity index (χ3n) is 4.74. The first-order chi connectivity index (χ1) is 15.0. The Labute approximate surface area is 214 Å². The quantitative estimate of drug-likeness (QED) is 0.393. The van der Waals surface area contributed by atoms with Crippen LogP contribution in [0.1, 0.15) is 25.3 Å². The van der Waals surface area contributed by atoms with Gasteiger partial charge in [0.2, 0.25) is 0 Å². The molecule has 0 spiro atoms. The number of carbonyl (C=O) groups excluding carboxylic acids is 2. The Hall–Kier alpha value is -2.40. The van der Waals surface area contributed by atoms with Crippen molar-refractivity contribution < 1.29 is 57.4 Å². The third-order valence-corrected chi connectivity index (χ3v) is 5.85. The predicted octanol–water partition coefficient (Wildman–Crippen LogP) is 1.58. The molecule has 0 aliphatic rings. The molecule has 1 aromatic heterocycles. The number of anilines is 2. The van der Waals surface area contributed by atoms with E-state index in [-0.39, 0.29) is 35.2 Å². The molecule has 2 amide bonds. The number of carboxylic acids is 1. The monoisotopic (exact) mass is 485 g/mol. The molecular formula is C22H19F3N3NaO3S. The summed E-state index contributed by atoms with van der Waals surface area (Å²) in [7, 11) is 0. The van der Waals surface area contributed by atoms with Crippen LogP contribution in [0.15, 0.2) is 42.6 Å². The zero-order chi connectivity index (χ0) is 23.5. The molecule has 168 valence electrons. The SMILES string of the molecule is CC(C)(CCc1ncc(-c2ccc(NC(=O)Nc3cc(F)c(F)c(F)c3)cc2)s1)C(=O)[O-].[Na+]. The number of hydrogen-bond donors (Lipinski definition) is 2. The summed E-state index contributed by atoms with van der Waals surface area (Å²) >= 11 is 1.44. The molecule has 0 fully saturated rings. The van der Waals surface area contributed by atoms with Gasteiger partial charge in [-0.25, -0.2) is 22.9 Å². The van der Waals surface area contributed by atoms with E-state index in [2.05, 4.69) is 15.6 Å². The van der Waals surface area contributed by atoms with Crippen molar-refractivity contribution in [3.05, 3.63) is 65.1 Å². The Kier molecular flexibility index (Phi) is 9.07. The average Bonchev–Trinajstić information content (AvgIpc) is 3.20. The van der Waals surface area contributed by atoms with Crippen molar-refractivity contribution in [3.63, 3.8) is 0 Å². The zero-order valence-electron chi connectivity index (χ0n) is 18.2. The summed E-state index contributed by atoms with van der Waals surface area (Å²) in [6, 6.07) is 7.40. The Morgan fingerprint density at radius 2 is 1.61 bits per heavy atom. The van der Waals surface area contributed by atoms with E-state index in [1.165, 1.54) is 11.3 Å². The van der Waals surface area contributed by atoms with Crippen LogP contribution in [0.3, 0.4) is 0 Å². The fraction of sp³-hybridized carbons (Fsp3) is 0.227. The largest absolute Gasteiger partial charge is 1.00 e. The first-order valence-electron chi connectivity index (χ1n) is 9.54. The Balaban J connectivity index is 0.00000385. The molecule has 0 aliphatic heterocycles. The summed E-state index contributed by atoms with van der Waals surface area (Å²) < 4.78 is 39.5. The number of halogens is 3. The van der Waals surface area contributed by atoms with Crippen LogP contribution >= 0.6 is 11.3 Å². The van der Waals surface area contributed by atoms with Crippen molar-refractivity contribution in [2.75, 3.05) is 10.6 Å². The van der Waals surface area contributed by atoms with Gasteiger partial charge in [-0.2, -0.15) is 0 Å². The second-order valence-corrected chi connectivity index (χ2v) is 8.82. The number of rotatable bonds is 7. The van der Waals surface area contributed by atoms with Crippen LogP contribution < -0.4 is 45.3 Å². The number of carbonyl (C=O) groups is 2. The molecular weight excluding hydrogens is 466 g/mol. The van der Waals surface area contributed by atoms with Gasteiger partial charge >= 0.3 is 35.6 Å². The zero-order valence-corrected chi connectivity index (χ0v) is 21.0. The van der Waals surface area contributed by atoms with Gasteiger partial charge in [0.25, 0.3) is 0 Å². The smallest absolute Gasteiger partial charge is 0.550 e. The van der Waals surface area contributed by atoms with Gasteiger partial charge in [-0.3, -0.25) is 0 Å². The first-order valence-corrected chi connectivity index (χ1v) is 10.4. The fourth-order valence-corrected chi connectivity index (χ4v) is 3.64. The number of thiazole rings is 1. The topological polar surface area (TPSA) is 94.2 Å². The molecule has 1 heterocycles. The number of carboxylic acid groups (broad SMARTS) is 1. The number of aliphatic carboxylic acids is 1. The van der Waals surface area contributed by atoms with E-state index < -0.39 is 34.9 Å². The van der Waals surface area contributed by atoms with E-state index in [0.717, 1.165) is 15.4 Å². The number of amides is 2. The minimum Gasteiger partial charge on any atom is -0.550 e. The Morgan fingerprint density at radius 1 is 1.03 bits per heavy atom. The fourth-order valence-electron chi connectivity index (χ4n) is 2.72. The van der Waals surface area contributed by atoms with Crippen molar-refractivity contribution in [1.82, 2.24) is 4.98 Å². The minimum atomic E-state index is -1.61.